The fourth-order valence-corrected chi connectivity index (χ4v) is 3.22. The second kappa shape index (κ2) is 5.01. The summed E-state index contributed by atoms with van der Waals surface area (Å²) >= 11 is 0. The van der Waals surface area contributed by atoms with E-state index in [2.05, 4.69) is 37.3 Å². The van der Waals surface area contributed by atoms with Gasteiger partial charge in [0.15, 0.2) is 0 Å². The Bertz CT molecular complexity index is 319. The van der Waals surface area contributed by atoms with Gasteiger partial charge in [-0.2, -0.15) is 0 Å². The Hall–Kier alpha value is -0.820. The van der Waals surface area contributed by atoms with E-state index in [4.69, 9.17) is 5.73 Å². The molecule has 2 rings (SSSR count). The fraction of sp³-hybridized carbons (Fsp3) is 0.600. The predicted molar refractivity (Wildman–Crippen MR) is 69.3 cm³/mol. The van der Waals surface area contributed by atoms with Crippen molar-refractivity contribution in [3.63, 3.8) is 0 Å². The van der Waals surface area contributed by atoms with Gasteiger partial charge in [-0.3, -0.25) is 0 Å². The summed E-state index contributed by atoms with van der Waals surface area (Å²) in [5, 5.41) is 0. The van der Waals surface area contributed by atoms with Crippen LogP contribution >= 0.6 is 0 Å². The minimum atomic E-state index is 0.374. The third-order valence-electron chi connectivity index (χ3n) is 4.04. The molecule has 0 aromatic heterocycles. The fourth-order valence-electron chi connectivity index (χ4n) is 3.22. The van der Waals surface area contributed by atoms with Crippen LogP contribution in [0.25, 0.3) is 0 Å². The van der Waals surface area contributed by atoms with Gasteiger partial charge in [-0.05, 0) is 42.7 Å². The molecular weight excluding hydrogens is 194 g/mol. The summed E-state index contributed by atoms with van der Waals surface area (Å²) < 4.78 is 0. The van der Waals surface area contributed by atoms with Crippen LogP contribution in [0.2, 0.25) is 0 Å². The first-order valence-electron chi connectivity index (χ1n) is 6.48. The number of rotatable bonds is 3. The van der Waals surface area contributed by atoms with E-state index in [0.29, 0.717) is 5.41 Å². The molecule has 1 aromatic rings. The first kappa shape index (κ1) is 11.7. The maximum absolute atomic E-state index is 6.05. The molecule has 0 amide bonds. The van der Waals surface area contributed by atoms with Gasteiger partial charge in [0, 0.05) is 0 Å². The average molecular weight is 217 g/mol. The summed E-state index contributed by atoms with van der Waals surface area (Å²) in [6.45, 7) is 3.21. The van der Waals surface area contributed by atoms with Gasteiger partial charge in [0.05, 0.1) is 0 Å². The van der Waals surface area contributed by atoms with Crippen LogP contribution in [-0.2, 0) is 6.42 Å². The summed E-state index contributed by atoms with van der Waals surface area (Å²) in [6, 6.07) is 10.8. The quantitative estimate of drug-likeness (QED) is 0.825. The lowest BCUT2D eigenvalue weighted by molar-refractivity contribution is 0.154. The molecule has 1 aliphatic carbocycles. The Morgan fingerprint density at radius 1 is 1.31 bits per heavy atom. The molecule has 0 saturated heterocycles. The van der Waals surface area contributed by atoms with Crippen molar-refractivity contribution in [1.29, 1.82) is 0 Å². The van der Waals surface area contributed by atoms with Crippen LogP contribution in [0, 0.1) is 11.3 Å². The molecular formula is C15H23N. The number of hydrogen-bond donors (Lipinski definition) is 1. The van der Waals surface area contributed by atoms with E-state index in [-0.39, 0.29) is 0 Å². The number of nitrogens with two attached hydrogens (primary N) is 1. The highest BCUT2D eigenvalue weighted by Crippen LogP contribution is 2.40. The van der Waals surface area contributed by atoms with E-state index < -0.39 is 0 Å². The van der Waals surface area contributed by atoms with Gasteiger partial charge in [-0.15, -0.1) is 0 Å². The maximum atomic E-state index is 6.05. The predicted octanol–water partition coefficient (Wildman–Crippen LogP) is 3.38. The molecule has 1 fully saturated rings. The van der Waals surface area contributed by atoms with Gasteiger partial charge in [0.25, 0.3) is 0 Å². The van der Waals surface area contributed by atoms with E-state index in [1.807, 2.05) is 0 Å². The molecule has 0 heterocycles. The topological polar surface area (TPSA) is 26.0 Å². The molecule has 1 nitrogen and oxygen atoms in total. The molecule has 16 heavy (non-hydrogen) atoms. The highest BCUT2D eigenvalue weighted by atomic mass is 14.6. The van der Waals surface area contributed by atoms with Crippen molar-refractivity contribution in [2.24, 2.45) is 17.1 Å². The first-order chi connectivity index (χ1) is 7.74. The van der Waals surface area contributed by atoms with Crippen molar-refractivity contribution in [2.75, 3.05) is 6.54 Å². The van der Waals surface area contributed by atoms with Gasteiger partial charge in [-0.1, -0.05) is 50.1 Å². The van der Waals surface area contributed by atoms with E-state index in [9.17, 15) is 0 Å². The molecule has 88 valence electrons. The highest BCUT2D eigenvalue weighted by molar-refractivity contribution is 5.17. The third-order valence-corrected chi connectivity index (χ3v) is 4.04. The van der Waals surface area contributed by atoms with Crippen molar-refractivity contribution >= 4 is 0 Å². The van der Waals surface area contributed by atoms with Crippen LogP contribution in [-0.4, -0.2) is 6.54 Å². The summed E-state index contributed by atoms with van der Waals surface area (Å²) in [5.41, 5.74) is 7.87. The lowest BCUT2D eigenvalue weighted by atomic mass is 9.67. The molecule has 1 aromatic carbocycles. The van der Waals surface area contributed by atoms with Crippen molar-refractivity contribution in [2.45, 2.75) is 39.0 Å². The van der Waals surface area contributed by atoms with Gasteiger partial charge in [0.2, 0.25) is 0 Å². The third kappa shape index (κ3) is 2.65. The van der Waals surface area contributed by atoms with Crippen LogP contribution < -0.4 is 5.73 Å². The molecule has 2 atom stereocenters. The Morgan fingerprint density at radius 2 is 2.06 bits per heavy atom. The lowest BCUT2D eigenvalue weighted by Crippen LogP contribution is -2.37. The minimum Gasteiger partial charge on any atom is -0.330 e. The van der Waals surface area contributed by atoms with E-state index >= 15 is 0 Å². The molecule has 0 aliphatic heterocycles. The zero-order valence-electron chi connectivity index (χ0n) is 10.3. The Labute approximate surface area is 99.0 Å². The van der Waals surface area contributed by atoms with Crippen molar-refractivity contribution in [3.8, 4) is 0 Å². The second-order valence-electron chi connectivity index (χ2n) is 5.57. The monoisotopic (exact) mass is 217 g/mol. The van der Waals surface area contributed by atoms with Crippen LogP contribution in [0.3, 0.4) is 0 Å². The normalized spacial score (nSPS) is 30.2. The standard InChI is InChI=1S/C15H23N/c1-13-6-5-9-15(10-13,12-16)11-14-7-3-2-4-8-14/h2-4,7-8,13H,5-6,9-12,16H2,1H3. The lowest BCUT2D eigenvalue weighted by Gasteiger charge is -2.39. The molecule has 2 unspecified atom stereocenters. The Kier molecular flexibility index (Phi) is 3.65. The van der Waals surface area contributed by atoms with Crippen LogP contribution in [0.5, 0.6) is 0 Å². The summed E-state index contributed by atoms with van der Waals surface area (Å²) in [6.07, 6.45) is 6.51. The molecule has 1 aliphatic rings. The van der Waals surface area contributed by atoms with Gasteiger partial charge >= 0.3 is 0 Å². The van der Waals surface area contributed by atoms with E-state index in [0.717, 1.165) is 18.9 Å². The Morgan fingerprint density at radius 3 is 2.69 bits per heavy atom. The van der Waals surface area contributed by atoms with Crippen LogP contribution in [0.15, 0.2) is 30.3 Å². The van der Waals surface area contributed by atoms with Crippen molar-refractivity contribution < 1.29 is 0 Å². The van der Waals surface area contributed by atoms with Gasteiger partial charge < -0.3 is 5.73 Å². The van der Waals surface area contributed by atoms with Gasteiger partial charge in [-0.25, -0.2) is 0 Å². The maximum Gasteiger partial charge on any atom is -0.00172 e. The zero-order chi connectivity index (χ0) is 11.4. The molecule has 0 radical (unpaired) electrons. The molecule has 0 bridgehead atoms. The highest BCUT2D eigenvalue weighted by Gasteiger charge is 2.33. The van der Waals surface area contributed by atoms with E-state index in [1.165, 1.54) is 31.2 Å². The number of benzene rings is 1. The summed E-state index contributed by atoms with van der Waals surface area (Å²) in [7, 11) is 0. The molecule has 0 spiro atoms. The van der Waals surface area contributed by atoms with E-state index in [1.54, 1.807) is 0 Å². The number of hydrogen-bond acceptors (Lipinski definition) is 1. The second-order valence-corrected chi connectivity index (χ2v) is 5.57. The van der Waals surface area contributed by atoms with Crippen LogP contribution in [0.4, 0.5) is 0 Å². The van der Waals surface area contributed by atoms with Crippen LogP contribution in [0.1, 0.15) is 38.2 Å². The summed E-state index contributed by atoms with van der Waals surface area (Å²) in [4.78, 5) is 0. The van der Waals surface area contributed by atoms with Crippen molar-refractivity contribution in [3.05, 3.63) is 35.9 Å². The SMILES string of the molecule is CC1CCCC(CN)(Cc2ccccc2)C1. The molecule has 2 N–H and O–H groups in total. The molecule has 1 heteroatoms. The molecule has 1 saturated carbocycles. The average Bonchev–Trinajstić information content (AvgIpc) is 2.30. The zero-order valence-corrected chi connectivity index (χ0v) is 10.3. The first-order valence-corrected chi connectivity index (χ1v) is 6.48. The Balaban J connectivity index is 2.10. The van der Waals surface area contributed by atoms with Crippen molar-refractivity contribution in [1.82, 2.24) is 0 Å². The minimum absolute atomic E-state index is 0.374. The smallest absolute Gasteiger partial charge is 0.00172 e. The van der Waals surface area contributed by atoms with Gasteiger partial charge in [0.1, 0.15) is 0 Å². The largest absolute Gasteiger partial charge is 0.330 e. The summed E-state index contributed by atoms with van der Waals surface area (Å²) in [5.74, 6) is 0.848.